The van der Waals surface area contributed by atoms with E-state index in [1.165, 1.54) is 20.2 Å². The Balaban J connectivity index is 1.96. The van der Waals surface area contributed by atoms with Gasteiger partial charge in [0.15, 0.2) is 4.77 Å². The Labute approximate surface area is 205 Å². The van der Waals surface area contributed by atoms with Gasteiger partial charge in [0.25, 0.3) is 11.5 Å². The van der Waals surface area contributed by atoms with Gasteiger partial charge in [-0.05, 0) is 69.1 Å². The molecule has 0 N–H and O–H groups in total. The van der Waals surface area contributed by atoms with Crippen molar-refractivity contribution in [3.63, 3.8) is 0 Å². The average molecular weight is 480 g/mol. The molecule has 2 aromatic rings. The number of rotatable bonds is 9. The lowest BCUT2D eigenvalue weighted by atomic mass is 10.1. The van der Waals surface area contributed by atoms with Crippen molar-refractivity contribution >= 4 is 35.6 Å². The van der Waals surface area contributed by atoms with Crippen molar-refractivity contribution in [1.82, 2.24) is 9.13 Å². The maximum absolute atomic E-state index is 13.1. The van der Waals surface area contributed by atoms with Crippen LogP contribution in [0.3, 0.4) is 0 Å². The van der Waals surface area contributed by atoms with Crippen LogP contribution in [-0.4, -0.2) is 20.8 Å². The molecular weight excluding hydrogens is 448 g/mol. The monoisotopic (exact) mass is 479 g/mol. The first-order valence-electron chi connectivity index (χ1n) is 11.7. The van der Waals surface area contributed by atoms with Crippen LogP contribution in [0.4, 0.5) is 5.69 Å². The molecule has 34 heavy (non-hydrogen) atoms. The molecule has 2 heterocycles. The van der Waals surface area contributed by atoms with Crippen molar-refractivity contribution in [2.24, 2.45) is 5.10 Å². The number of carbonyl (C=O) groups is 1. The van der Waals surface area contributed by atoms with E-state index in [1.54, 1.807) is 19.1 Å². The minimum absolute atomic E-state index is 0.0492. The fourth-order valence-electron chi connectivity index (χ4n) is 3.68. The summed E-state index contributed by atoms with van der Waals surface area (Å²) in [6.07, 6.45) is 8.05. The van der Waals surface area contributed by atoms with Gasteiger partial charge in [-0.25, -0.2) is 0 Å². The minimum atomic E-state index is -0.393. The molecule has 0 radical (unpaired) electrons. The van der Waals surface area contributed by atoms with E-state index in [0.29, 0.717) is 30.1 Å². The van der Waals surface area contributed by atoms with Gasteiger partial charge in [0.05, 0.1) is 17.0 Å². The van der Waals surface area contributed by atoms with Gasteiger partial charge in [-0.3, -0.25) is 14.2 Å². The lowest BCUT2D eigenvalue weighted by molar-refractivity contribution is -0.280. The SMILES string of the molecule is CCCCn1c([O-])c(C=CC=C2C(=O)N(c3ccc(C)cc3)N=C2C)c(=O)n(CCCC)c1=S. The molecule has 0 fully saturated rings. The molecule has 1 aliphatic rings. The first kappa shape index (κ1) is 25.4. The topological polar surface area (TPSA) is 82.7 Å². The molecule has 1 aliphatic heterocycles. The van der Waals surface area contributed by atoms with Crippen molar-refractivity contribution in [2.45, 2.75) is 66.5 Å². The van der Waals surface area contributed by atoms with E-state index in [1.807, 2.05) is 45.0 Å². The highest BCUT2D eigenvalue weighted by Crippen LogP contribution is 2.24. The van der Waals surface area contributed by atoms with E-state index in [-0.39, 0.29) is 16.2 Å². The third-order valence-electron chi connectivity index (χ3n) is 5.75. The van der Waals surface area contributed by atoms with E-state index in [9.17, 15) is 14.7 Å². The van der Waals surface area contributed by atoms with Crippen LogP contribution in [0.25, 0.3) is 6.08 Å². The van der Waals surface area contributed by atoms with Crippen molar-refractivity contribution in [1.29, 1.82) is 0 Å². The molecule has 0 unspecified atom stereocenters. The van der Waals surface area contributed by atoms with Crippen LogP contribution in [-0.2, 0) is 17.9 Å². The van der Waals surface area contributed by atoms with Crippen molar-refractivity contribution in [3.8, 4) is 5.88 Å². The third-order valence-corrected chi connectivity index (χ3v) is 6.19. The Morgan fingerprint density at radius 1 is 1.00 bits per heavy atom. The number of hydrogen-bond acceptors (Lipinski definition) is 5. The minimum Gasteiger partial charge on any atom is -0.859 e. The van der Waals surface area contributed by atoms with Gasteiger partial charge in [-0.1, -0.05) is 50.5 Å². The van der Waals surface area contributed by atoms with Gasteiger partial charge in [0, 0.05) is 18.7 Å². The molecule has 0 bridgehead atoms. The van der Waals surface area contributed by atoms with E-state index < -0.39 is 11.4 Å². The highest BCUT2D eigenvalue weighted by molar-refractivity contribution is 7.71. The van der Waals surface area contributed by atoms with E-state index in [2.05, 4.69) is 5.10 Å². The summed E-state index contributed by atoms with van der Waals surface area (Å²) < 4.78 is 3.29. The number of aryl methyl sites for hydroxylation is 1. The average Bonchev–Trinajstić information content (AvgIpc) is 3.10. The van der Waals surface area contributed by atoms with Gasteiger partial charge in [-0.2, -0.15) is 10.1 Å². The van der Waals surface area contributed by atoms with E-state index in [4.69, 9.17) is 12.2 Å². The maximum Gasteiger partial charge on any atom is 0.280 e. The molecule has 0 aliphatic carbocycles. The summed E-state index contributed by atoms with van der Waals surface area (Å²) in [5, 5.41) is 18.8. The molecule has 1 amide bonds. The molecule has 1 aromatic carbocycles. The molecule has 180 valence electrons. The van der Waals surface area contributed by atoms with Crippen molar-refractivity contribution in [2.75, 3.05) is 5.01 Å². The summed E-state index contributed by atoms with van der Waals surface area (Å²) in [4.78, 5) is 26.0. The Kier molecular flexibility index (Phi) is 8.39. The normalized spacial score (nSPS) is 15.1. The molecule has 0 saturated carbocycles. The van der Waals surface area contributed by atoms with Crippen molar-refractivity contribution < 1.29 is 9.90 Å². The Bertz CT molecular complexity index is 1270. The smallest absolute Gasteiger partial charge is 0.280 e. The zero-order valence-electron chi connectivity index (χ0n) is 20.2. The number of anilines is 1. The van der Waals surface area contributed by atoms with Gasteiger partial charge in [0.2, 0.25) is 0 Å². The Morgan fingerprint density at radius 2 is 1.62 bits per heavy atom. The van der Waals surface area contributed by atoms with E-state index >= 15 is 0 Å². The number of aromatic nitrogens is 2. The van der Waals surface area contributed by atoms with Crippen LogP contribution in [0.5, 0.6) is 5.88 Å². The summed E-state index contributed by atoms with van der Waals surface area (Å²) >= 11 is 5.48. The van der Waals surface area contributed by atoms with Crippen LogP contribution in [0.15, 0.2) is 51.9 Å². The van der Waals surface area contributed by atoms with Crippen molar-refractivity contribution in [3.05, 3.63) is 68.2 Å². The van der Waals surface area contributed by atoms with Crippen LogP contribution >= 0.6 is 12.2 Å². The lowest BCUT2D eigenvalue weighted by Crippen LogP contribution is -2.30. The van der Waals surface area contributed by atoms with Crippen LogP contribution in [0.2, 0.25) is 0 Å². The molecule has 0 atom stereocenters. The number of allylic oxidation sites excluding steroid dienone is 2. The van der Waals surface area contributed by atoms with Gasteiger partial charge in [0.1, 0.15) is 0 Å². The molecule has 8 heteroatoms. The molecule has 3 rings (SSSR count). The standard InChI is InChI=1S/C26H32N4O3S/c1-5-7-16-28-23(31)22(24(32)29(26(28)34)17-8-6-2)11-9-10-21-19(4)27-30(25(21)33)20-14-12-18(3)13-15-20/h9-15,31H,5-8,16-17H2,1-4H3/p-1. The molecule has 0 spiro atoms. The summed E-state index contributed by atoms with van der Waals surface area (Å²) in [6, 6.07) is 7.53. The lowest BCUT2D eigenvalue weighted by Gasteiger charge is -2.22. The summed E-state index contributed by atoms with van der Waals surface area (Å²) in [5.41, 5.74) is 2.41. The zero-order chi connectivity index (χ0) is 24.8. The molecule has 0 saturated heterocycles. The summed E-state index contributed by atoms with van der Waals surface area (Å²) in [6.45, 7) is 8.75. The first-order valence-corrected chi connectivity index (χ1v) is 12.1. The summed E-state index contributed by atoms with van der Waals surface area (Å²) in [7, 11) is 0. The van der Waals surface area contributed by atoms with Gasteiger partial charge in [-0.15, -0.1) is 0 Å². The number of hydrogen-bond donors (Lipinski definition) is 0. The second-order valence-corrected chi connectivity index (χ2v) is 8.76. The molecule has 1 aromatic heterocycles. The summed E-state index contributed by atoms with van der Waals surface area (Å²) in [5.74, 6) is -0.650. The van der Waals surface area contributed by atoms with Crippen LogP contribution in [0, 0.1) is 11.7 Å². The number of benzene rings is 1. The predicted octanol–water partition coefficient (Wildman–Crippen LogP) is 4.72. The number of hydrazone groups is 1. The fourth-order valence-corrected chi connectivity index (χ4v) is 4.03. The Hall–Kier alpha value is -3.26. The number of amides is 1. The highest BCUT2D eigenvalue weighted by Gasteiger charge is 2.28. The van der Waals surface area contributed by atoms with Crippen LogP contribution < -0.4 is 15.7 Å². The van der Waals surface area contributed by atoms with Crippen LogP contribution in [0.1, 0.15) is 57.6 Å². The predicted molar refractivity (Wildman–Crippen MR) is 138 cm³/mol. The molecular formula is C26H31N4O3S-. The Morgan fingerprint density at radius 3 is 2.24 bits per heavy atom. The number of unbranched alkanes of at least 4 members (excludes halogenated alkanes) is 2. The van der Waals surface area contributed by atoms with E-state index in [0.717, 1.165) is 31.2 Å². The first-order chi connectivity index (χ1) is 16.3. The second-order valence-electron chi connectivity index (χ2n) is 8.39. The molecule has 7 nitrogen and oxygen atoms in total. The second kappa shape index (κ2) is 11.2. The maximum atomic E-state index is 13.1. The van der Waals surface area contributed by atoms with Gasteiger partial charge >= 0.3 is 0 Å². The largest absolute Gasteiger partial charge is 0.859 e. The highest BCUT2D eigenvalue weighted by atomic mass is 32.1. The number of carbonyl (C=O) groups excluding carboxylic acids is 1. The number of nitrogens with zero attached hydrogens (tertiary/aromatic N) is 4. The van der Waals surface area contributed by atoms with Gasteiger partial charge < -0.3 is 9.67 Å². The zero-order valence-corrected chi connectivity index (χ0v) is 21.0. The quantitative estimate of drug-likeness (QED) is 0.385. The third kappa shape index (κ3) is 5.28. The fraction of sp³-hybridized carbons (Fsp3) is 0.385.